The van der Waals surface area contributed by atoms with Gasteiger partial charge in [0.1, 0.15) is 5.75 Å². The maximum Gasteiger partial charge on any atom is 0.228 e. The molecule has 30 heavy (non-hydrogen) atoms. The first kappa shape index (κ1) is 22.0. The molecule has 3 aromatic rings. The summed E-state index contributed by atoms with van der Waals surface area (Å²) in [5, 5.41) is 7.20. The molecule has 1 amide bonds. The predicted molar refractivity (Wildman–Crippen MR) is 125 cm³/mol. The van der Waals surface area contributed by atoms with E-state index in [-0.39, 0.29) is 12.3 Å². The number of anilines is 3. The van der Waals surface area contributed by atoms with Gasteiger partial charge < -0.3 is 15.4 Å². The number of benzene rings is 3. The number of hydrogen-bond donors (Lipinski definition) is 2. The van der Waals surface area contributed by atoms with Gasteiger partial charge in [-0.15, -0.1) is 0 Å². The average molecular weight is 443 g/mol. The monoisotopic (exact) mass is 442 g/mol. The van der Waals surface area contributed by atoms with Gasteiger partial charge in [0.15, 0.2) is 0 Å². The van der Waals surface area contributed by atoms with Crippen molar-refractivity contribution >= 4 is 46.2 Å². The first-order valence-corrected chi connectivity index (χ1v) is 10.5. The van der Waals surface area contributed by atoms with E-state index in [1.54, 1.807) is 18.2 Å². The summed E-state index contributed by atoms with van der Waals surface area (Å²) in [7, 11) is 0. The van der Waals surface area contributed by atoms with Gasteiger partial charge in [-0.1, -0.05) is 61.3 Å². The lowest BCUT2D eigenvalue weighted by Crippen LogP contribution is -2.15. The molecule has 0 heterocycles. The minimum atomic E-state index is -0.120. The summed E-state index contributed by atoms with van der Waals surface area (Å²) >= 11 is 12.5. The standard InChI is InChI=1S/C24H24Cl2N2O2/c1-16(2)15-30-19-12-10-18(11-13-19)27-23(29)14-17-6-3-4-9-22(17)28-24-20(25)7-5-8-21(24)26/h3-13,16,28H,14-15H2,1-2H3,(H,27,29). The summed E-state index contributed by atoms with van der Waals surface area (Å²) < 4.78 is 5.67. The van der Waals surface area contributed by atoms with E-state index in [1.807, 2.05) is 48.5 Å². The fraction of sp³-hybridized carbons (Fsp3) is 0.208. The third-order valence-electron chi connectivity index (χ3n) is 4.31. The second kappa shape index (κ2) is 10.4. The highest BCUT2D eigenvalue weighted by Gasteiger charge is 2.11. The third-order valence-corrected chi connectivity index (χ3v) is 4.94. The van der Waals surface area contributed by atoms with E-state index >= 15 is 0 Å². The van der Waals surface area contributed by atoms with Crippen LogP contribution in [-0.2, 0) is 11.2 Å². The molecule has 3 rings (SSSR count). The van der Waals surface area contributed by atoms with E-state index in [0.717, 1.165) is 22.7 Å². The number of ether oxygens (including phenoxy) is 1. The Kier molecular flexibility index (Phi) is 7.61. The van der Waals surface area contributed by atoms with Crippen molar-refractivity contribution in [1.82, 2.24) is 0 Å². The molecule has 3 aromatic carbocycles. The molecule has 0 saturated carbocycles. The Morgan fingerprint density at radius 3 is 2.27 bits per heavy atom. The Balaban J connectivity index is 1.66. The normalized spacial score (nSPS) is 10.7. The van der Waals surface area contributed by atoms with Crippen molar-refractivity contribution in [2.24, 2.45) is 5.92 Å². The zero-order valence-electron chi connectivity index (χ0n) is 16.9. The van der Waals surface area contributed by atoms with Crippen LogP contribution in [0.5, 0.6) is 5.75 Å². The molecule has 0 aliphatic rings. The molecule has 0 unspecified atom stereocenters. The van der Waals surface area contributed by atoms with E-state index in [9.17, 15) is 4.79 Å². The Bertz CT molecular complexity index is 984. The molecular weight excluding hydrogens is 419 g/mol. The highest BCUT2D eigenvalue weighted by molar-refractivity contribution is 6.39. The molecule has 156 valence electrons. The van der Waals surface area contributed by atoms with Crippen molar-refractivity contribution in [2.75, 3.05) is 17.2 Å². The average Bonchev–Trinajstić information content (AvgIpc) is 2.71. The molecule has 0 atom stereocenters. The number of halogens is 2. The Morgan fingerprint density at radius 1 is 0.933 bits per heavy atom. The van der Waals surface area contributed by atoms with Gasteiger partial charge in [0.05, 0.1) is 28.8 Å². The summed E-state index contributed by atoms with van der Waals surface area (Å²) in [6, 6.07) is 20.3. The van der Waals surface area contributed by atoms with E-state index in [4.69, 9.17) is 27.9 Å². The summed E-state index contributed by atoms with van der Waals surface area (Å²) in [4.78, 5) is 12.6. The van der Waals surface area contributed by atoms with Gasteiger partial charge >= 0.3 is 0 Å². The first-order chi connectivity index (χ1) is 14.4. The number of carbonyl (C=O) groups is 1. The van der Waals surface area contributed by atoms with Crippen molar-refractivity contribution in [2.45, 2.75) is 20.3 Å². The van der Waals surface area contributed by atoms with Crippen LogP contribution in [0.15, 0.2) is 66.7 Å². The van der Waals surface area contributed by atoms with Gasteiger partial charge in [-0.2, -0.15) is 0 Å². The molecule has 0 fully saturated rings. The minimum Gasteiger partial charge on any atom is -0.493 e. The number of para-hydroxylation sites is 2. The number of hydrogen-bond acceptors (Lipinski definition) is 3. The molecule has 0 saturated heterocycles. The van der Waals surface area contributed by atoms with Gasteiger partial charge in [0, 0.05) is 11.4 Å². The van der Waals surface area contributed by atoms with Crippen LogP contribution in [0.25, 0.3) is 0 Å². The molecule has 0 aliphatic carbocycles. The van der Waals surface area contributed by atoms with E-state index < -0.39 is 0 Å². The van der Waals surface area contributed by atoms with Crippen molar-refractivity contribution < 1.29 is 9.53 Å². The van der Waals surface area contributed by atoms with Crippen molar-refractivity contribution in [3.05, 3.63) is 82.3 Å². The lowest BCUT2D eigenvalue weighted by Gasteiger charge is -2.14. The van der Waals surface area contributed by atoms with E-state index in [0.29, 0.717) is 28.3 Å². The van der Waals surface area contributed by atoms with E-state index in [1.165, 1.54) is 0 Å². The summed E-state index contributed by atoms with van der Waals surface area (Å²) in [6.07, 6.45) is 0.205. The number of nitrogens with one attached hydrogen (secondary N) is 2. The minimum absolute atomic E-state index is 0.120. The van der Waals surface area contributed by atoms with Crippen molar-refractivity contribution in [1.29, 1.82) is 0 Å². The molecule has 0 spiro atoms. The summed E-state index contributed by atoms with van der Waals surface area (Å²) in [5.41, 5.74) is 2.95. The van der Waals surface area contributed by atoms with E-state index in [2.05, 4.69) is 24.5 Å². The van der Waals surface area contributed by atoms with Crippen LogP contribution in [-0.4, -0.2) is 12.5 Å². The van der Waals surface area contributed by atoms with Crippen LogP contribution in [0.1, 0.15) is 19.4 Å². The summed E-state index contributed by atoms with van der Waals surface area (Å²) in [6.45, 7) is 4.85. The van der Waals surface area contributed by atoms with Crippen LogP contribution in [0.3, 0.4) is 0 Å². The van der Waals surface area contributed by atoms with Gasteiger partial charge in [-0.3, -0.25) is 4.79 Å². The Hall–Kier alpha value is -2.69. The molecule has 0 aromatic heterocycles. The second-order valence-corrected chi connectivity index (χ2v) is 8.15. The molecular formula is C24H24Cl2N2O2. The van der Waals surface area contributed by atoms with Gasteiger partial charge in [0.25, 0.3) is 0 Å². The van der Waals surface area contributed by atoms with Gasteiger partial charge in [0.2, 0.25) is 5.91 Å². The van der Waals surface area contributed by atoms with Crippen LogP contribution < -0.4 is 15.4 Å². The first-order valence-electron chi connectivity index (χ1n) is 9.74. The number of amides is 1. The maximum atomic E-state index is 12.6. The van der Waals surface area contributed by atoms with Gasteiger partial charge in [-0.05, 0) is 53.9 Å². The van der Waals surface area contributed by atoms with Crippen LogP contribution >= 0.6 is 23.2 Å². The fourth-order valence-corrected chi connectivity index (χ4v) is 3.32. The topological polar surface area (TPSA) is 50.4 Å². The summed E-state index contributed by atoms with van der Waals surface area (Å²) in [5.74, 6) is 1.12. The smallest absolute Gasteiger partial charge is 0.228 e. The Morgan fingerprint density at radius 2 is 1.60 bits per heavy atom. The lowest BCUT2D eigenvalue weighted by atomic mass is 10.1. The number of rotatable bonds is 8. The number of carbonyl (C=O) groups excluding carboxylic acids is 1. The maximum absolute atomic E-state index is 12.6. The second-order valence-electron chi connectivity index (χ2n) is 7.33. The zero-order valence-corrected chi connectivity index (χ0v) is 18.4. The Labute approximate surface area is 187 Å². The molecule has 0 bridgehead atoms. The third kappa shape index (κ3) is 6.15. The van der Waals surface area contributed by atoms with Crippen LogP contribution in [0.2, 0.25) is 10.0 Å². The fourth-order valence-electron chi connectivity index (χ4n) is 2.82. The molecule has 4 nitrogen and oxygen atoms in total. The quantitative estimate of drug-likeness (QED) is 0.396. The zero-order chi connectivity index (χ0) is 21.5. The van der Waals surface area contributed by atoms with Gasteiger partial charge in [-0.25, -0.2) is 0 Å². The largest absolute Gasteiger partial charge is 0.493 e. The highest BCUT2D eigenvalue weighted by atomic mass is 35.5. The SMILES string of the molecule is CC(C)COc1ccc(NC(=O)Cc2ccccc2Nc2c(Cl)cccc2Cl)cc1. The van der Waals surface area contributed by atoms with Crippen molar-refractivity contribution in [3.63, 3.8) is 0 Å². The molecule has 6 heteroatoms. The lowest BCUT2D eigenvalue weighted by molar-refractivity contribution is -0.115. The molecule has 0 aliphatic heterocycles. The highest BCUT2D eigenvalue weighted by Crippen LogP contribution is 2.33. The molecule has 2 N–H and O–H groups in total. The van der Waals surface area contributed by atoms with Crippen LogP contribution in [0.4, 0.5) is 17.1 Å². The predicted octanol–water partition coefficient (Wildman–Crippen LogP) is 6.95. The van der Waals surface area contributed by atoms with Crippen molar-refractivity contribution in [3.8, 4) is 5.75 Å². The molecule has 0 radical (unpaired) electrons. The van der Waals surface area contributed by atoms with Crippen LogP contribution in [0, 0.1) is 5.92 Å².